The maximum atomic E-state index is 12.4. The van der Waals surface area contributed by atoms with Crippen molar-refractivity contribution in [1.82, 2.24) is 15.1 Å². The predicted octanol–water partition coefficient (Wildman–Crippen LogP) is 1.99. The largest absolute Gasteiger partial charge is 0.494 e. The van der Waals surface area contributed by atoms with E-state index in [1.165, 1.54) is 32.4 Å². The maximum Gasteiger partial charge on any atom is 0.253 e. The molecular formula is C19H29N3O2. The molecule has 2 fully saturated rings. The minimum Gasteiger partial charge on any atom is -0.494 e. The molecule has 0 spiro atoms. The van der Waals surface area contributed by atoms with Gasteiger partial charge in [-0.2, -0.15) is 0 Å². The first-order chi connectivity index (χ1) is 11.8. The van der Waals surface area contributed by atoms with Gasteiger partial charge >= 0.3 is 0 Å². The first-order valence-corrected chi connectivity index (χ1v) is 9.28. The SMILES string of the molecule is O=C(c1ccc(OCCCN2CCCCC2)cc1)N1CCNCC1. The van der Waals surface area contributed by atoms with Gasteiger partial charge in [0.2, 0.25) is 0 Å². The molecule has 0 aliphatic carbocycles. The average molecular weight is 331 g/mol. The summed E-state index contributed by atoms with van der Waals surface area (Å²) in [6.07, 6.45) is 5.11. The van der Waals surface area contributed by atoms with Crippen molar-refractivity contribution < 1.29 is 9.53 Å². The molecule has 24 heavy (non-hydrogen) atoms. The molecule has 5 nitrogen and oxygen atoms in total. The summed E-state index contributed by atoms with van der Waals surface area (Å²) >= 11 is 0. The zero-order valence-corrected chi connectivity index (χ0v) is 14.5. The summed E-state index contributed by atoms with van der Waals surface area (Å²) < 4.78 is 5.82. The van der Waals surface area contributed by atoms with Gasteiger partial charge in [0.05, 0.1) is 6.61 Å². The lowest BCUT2D eigenvalue weighted by molar-refractivity contribution is 0.0736. The molecule has 2 saturated heterocycles. The van der Waals surface area contributed by atoms with Gasteiger partial charge in [-0.05, 0) is 56.6 Å². The van der Waals surface area contributed by atoms with Crippen molar-refractivity contribution in [3.63, 3.8) is 0 Å². The number of hydrogen-bond donors (Lipinski definition) is 1. The quantitative estimate of drug-likeness (QED) is 0.810. The Morgan fingerprint density at radius 2 is 1.71 bits per heavy atom. The topological polar surface area (TPSA) is 44.8 Å². The van der Waals surface area contributed by atoms with Crippen LogP contribution in [0.2, 0.25) is 0 Å². The second kappa shape index (κ2) is 9.04. The van der Waals surface area contributed by atoms with Gasteiger partial charge < -0.3 is 19.9 Å². The molecule has 132 valence electrons. The number of nitrogens with one attached hydrogen (secondary N) is 1. The minimum atomic E-state index is 0.119. The van der Waals surface area contributed by atoms with Crippen molar-refractivity contribution >= 4 is 5.91 Å². The van der Waals surface area contributed by atoms with Crippen LogP contribution in [0.4, 0.5) is 0 Å². The van der Waals surface area contributed by atoms with E-state index in [2.05, 4.69) is 10.2 Å². The number of benzene rings is 1. The first kappa shape index (κ1) is 17.2. The predicted molar refractivity (Wildman–Crippen MR) is 95.6 cm³/mol. The number of likely N-dealkylation sites (tertiary alicyclic amines) is 1. The number of carbonyl (C=O) groups is 1. The molecule has 2 aliphatic heterocycles. The van der Waals surface area contributed by atoms with Crippen molar-refractivity contribution in [2.24, 2.45) is 0 Å². The normalized spacial score (nSPS) is 19.2. The van der Waals surface area contributed by atoms with E-state index in [0.717, 1.165) is 57.1 Å². The Hall–Kier alpha value is -1.59. The van der Waals surface area contributed by atoms with Crippen molar-refractivity contribution in [3.05, 3.63) is 29.8 Å². The van der Waals surface area contributed by atoms with Crippen LogP contribution in [0.25, 0.3) is 0 Å². The zero-order chi connectivity index (χ0) is 16.6. The van der Waals surface area contributed by atoms with Gasteiger partial charge in [0.25, 0.3) is 5.91 Å². The van der Waals surface area contributed by atoms with Gasteiger partial charge in [-0.15, -0.1) is 0 Å². The fourth-order valence-electron chi connectivity index (χ4n) is 3.41. The molecule has 2 heterocycles. The monoisotopic (exact) mass is 331 g/mol. The number of piperazine rings is 1. The number of piperidine rings is 1. The van der Waals surface area contributed by atoms with E-state index in [-0.39, 0.29) is 5.91 Å². The van der Waals surface area contributed by atoms with Crippen LogP contribution in [0.15, 0.2) is 24.3 Å². The number of rotatable bonds is 6. The molecule has 0 radical (unpaired) electrons. The third-order valence-electron chi connectivity index (χ3n) is 4.84. The molecule has 0 atom stereocenters. The van der Waals surface area contributed by atoms with Crippen molar-refractivity contribution in [2.75, 3.05) is 52.4 Å². The molecule has 0 aromatic heterocycles. The number of nitrogens with zero attached hydrogens (tertiary/aromatic N) is 2. The van der Waals surface area contributed by atoms with Crippen molar-refractivity contribution in [3.8, 4) is 5.75 Å². The smallest absolute Gasteiger partial charge is 0.253 e. The molecule has 1 aromatic rings. The van der Waals surface area contributed by atoms with Crippen LogP contribution in [-0.4, -0.2) is 68.1 Å². The van der Waals surface area contributed by atoms with Gasteiger partial charge in [0, 0.05) is 38.3 Å². The lowest BCUT2D eigenvalue weighted by atomic mass is 10.1. The second-order valence-electron chi connectivity index (χ2n) is 6.67. The number of ether oxygens (including phenoxy) is 1. The highest BCUT2D eigenvalue weighted by Crippen LogP contribution is 2.15. The van der Waals surface area contributed by atoms with Crippen molar-refractivity contribution in [1.29, 1.82) is 0 Å². The molecular weight excluding hydrogens is 302 g/mol. The summed E-state index contributed by atoms with van der Waals surface area (Å²) in [4.78, 5) is 16.8. The van der Waals surface area contributed by atoms with Crippen LogP contribution in [-0.2, 0) is 0 Å². The summed E-state index contributed by atoms with van der Waals surface area (Å²) in [5, 5.41) is 3.27. The summed E-state index contributed by atoms with van der Waals surface area (Å²) in [7, 11) is 0. The summed E-state index contributed by atoms with van der Waals surface area (Å²) in [6, 6.07) is 7.58. The van der Waals surface area contributed by atoms with E-state index in [9.17, 15) is 4.79 Å². The Balaban J connectivity index is 1.40. The Labute approximate surface area is 145 Å². The van der Waals surface area contributed by atoms with Gasteiger partial charge in [-0.1, -0.05) is 6.42 Å². The Bertz CT molecular complexity index is 506. The molecule has 2 aliphatic rings. The lowest BCUT2D eigenvalue weighted by Crippen LogP contribution is -2.46. The average Bonchev–Trinajstić information content (AvgIpc) is 2.67. The Morgan fingerprint density at radius 3 is 2.42 bits per heavy atom. The summed E-state index contributed by atoms with van der Waals surface area (Å²) in [6.45, 7) is 7.67. The molecule has 3 rings (SSSR count). The Morgan fingerprint density at radius 1 is 1.00 bits per heavy atom. The van der Waals surface area contributed by atoms with Crippen LogP contribution >= 0.6 is 0 Å². The minimum absolute atomic E-state index is 0.119. The Kier molecular flexibility index (Phi) is 6.49. The van der Waals surface area contributed by atoms with E-state index in [0.29, 0.717) is 0 Å². The van der Waals surface area contributed by atoms with Crippen LogP contribution in [0.5, 0.6) is 5.75 Å². The standard InChI is InChI=1S/C19H29N3O2/c23-19(22-14-9-20-10-15-22)17-5-7-18(8-6-17)24-16-4-13-21-11-2-1-3-12-21/h5-8,20H,1-4,9-16H2. The summed E-state index contributed by atoms with van der Waals surface area (Å²) in [5.41, 5.74) is 0.748. The van der Waals surface area contributed by atoms with E-state index in [1.807, 2.05) is 29.2 Å². The van der Waals surface area contributed by atoms with Crippen LogP contribution in [0.1, 0.15) is 36.0 Å². The van der Waals surface area contributed by atoms with Gasteiger partial charge in [-0.25, -0.2) is 0 Å². The van der Waals surface area contributed by atoms with Gasteiger partial charge in [-0.3, -0.25) is 4.79 Å². The van der Waals surface area contributed by atoms with E-state index in [1.54, 1.807) is 0 Å². The summed E-state index contributed by atoms with van der Waals surface area (Å²) in [5.74, 6) is 0.971. The third kappa shape index (κ3) is 4.95. The molecule has 5 heteroatoms. The number of carbonyl (C=O) groups excluding carboxylic acids is 1. The van der Waals surface area contributed by atoms with Crippen molar-refractivity contribution in [2.45, 2.75) is 25.7 Å². The molecule has 0 saturated carbocycles. The molecule has 1 N–H and O–H groups in total. The van der Waals surface area contributed by atoms with Gasteiger partial charge in [0.15, 0.2) is 0 Å². The van der Waals surface area contributed by atoms with Gasteiger partial charge in [0.1, 0.15) is 5.75 Å². The van der Waals surface area contributed by atoms with Crippen LogP contribution in [0.3, 0.4) is 0 Å². The molecule has 0 bridgehead atoms. The molecule has 1 aromatic carbocycles. The highest BCUT2D eigenvalue weighted by atomic mass is 16.5. The van der Waals surface area contributed by atoms with E-state index < -0.39 is 0 Å². The molecule has 0 unspecified atom stereocenters. The number of amides is 1. The van der Waals surface area contributed by atoms with E-state index in [4.69, 9.17) is 4.74 Å². The van der Waals surface area contributed by atoms with E-state index >= 15 is 0 Å². The highest BCUT2D eigenvalue weighted by Gasteiger charge is 2.17. The fourth-order valence-corrected chi connectivity index (χ4v) is 3.41. The third-order valence-corrected chi connectivity index (χ3v) is 4.84. The maximum absolute atomic E-state index is 12.4. The zero-order valence-electron chi connectivity index (χ0n) is 14.5. The highest BCUT2D eigenvalue weighted by molar-refractivity contribution is 5.94. The van der Waals surface area contributed by atoms with Crippen LogP contribution < -0.4 is 10.1 Å². The number of hydrogen-bond acceptors (Lipinski definition) is 4. The fraction of sp³-hybridized carbons (Fsp3) is 0.632. The lowest BCUT2D eigenvalue weighted by Gasteiger charge is -2.27. The van der Waals surface area contributed by atoms with Crippen LogP contribution in [0, 0.1) is 0 Å². The second-order valence-corrected chi connectivity index (χ2v) is 6.67. The first-order valence-electron chi connectivity index (χ1n) is 9.28. The molecule has 1 amide bonds.